The molecule has 1 aromatic carbocycles. The van der Waals surface area contributed by atoms with Crippen molar-refractivity contribution >= 4 is 23.9 Å². The molecular formula is C21H27NO4SSi. The molecular weight excluding hydrogens is 390 g/mol. The van der Waals surface area contributed by atoms with Crippen LogP contribution < -0.4 is 0 Å². The van der Waals surface area contributed by atoms with Crippen LogP contribution in [-0.4, -0.2) is 38.8 Å². The second kappa shape index (κ2) is 6.15. The molecule has 0 aromatic heterocycles. The SMILES string of the molecule is Cc1ccc(S(=O)(=O)N2CCC3=C([Si](C)(C)C)C(=O)[C@H]4[C@@H](C)C=CO[C@]342)cc1. The first-order chi connectivity index (χ1) is 13.0. The first kappa shape index (κ1) is 19.6. The van der Waals surface area contributed by atoms with E-state index >= 15 is 0 Å². The highest BCUT2D eigenvalue weighted by Gasteiger charge is 2.67. The Morgan fingerprint density at radius 1 is 1.18 bits per heavy atom. The molecule has 0 amide bonds. The van der Waals surface area contributed by atoms with Crippen molar-refractivity contribution in [3.63, 3.8) is 0 Å². The van der Waals surface area contributed by atoms with Gasteiger partial charge in [0.2, 0.25) is 15.7 Å². The molecule has 0 N–H and O–H groups in total. The van der Waals surface area contributed by atoms with Gasteiger partial charge in [-0.15, -0.1) is 0 Å². The van der Waals surface area contributed by atoms with Gasteiger partial charge in [-0.3, -0.25) is 4.79 Å². The molecule has 150 valence electrons. The summed E-state index contributed by atoms with van der Waals surface area (Å²) < 4.78 is 34.8. The van der Waals surface area contributed by atoms with Gasteiger partial charge in [-0.05, 0) is 48.2 Å². The summed E-state index contributed by atoms with van der Waals surface area (Å²) >= 11 is 0. The Morgan fingerprint density at radius 2 is 1.82 bits per heavy atom. The van der Waals surface area contributed by atoms with Crippen molar-refractivity contribution in [1.82, 2.24) is 4.31 Å². The van der Waals surface area contributed by atoms with Gasteiger partial charge in [0.25, 0.3) is 0 Å². The molecule has 1 saturated heterocycles. The van der Waals surface area contributed by atoms with Crippen LogP contribution in [0.3, 0.4) is 0 Å². The van der Waals surface area contributed by atoms with Gasteiger partial charge in [0.1, 0.15) is 0 Å². The number of Topliss-reactive ketones (excluding diaryl/α,β-unsaturated/α-hetero) is 1. The summed E-state index contributed by atoms with van der Waals surface area (Å²) in [7, 11) is -5.77. The largest absolute Gasteiger partial charge is 0.475 e. The maximum absolute atomic E-state index is 13.6. The number of rotatable bonds is 3. The summed E-state index contributed by atoms with van der Waals surface area (Å²) in [6.07, 6.45) is 4.01. The Balaban J connectivity index is 1.93. The molecule has 3 atom stereocenters. The van der Waals surface area contributed by atoms with Crippen molar-refractivity contribution < 1.29 is 17.9 Å². The minimum Gasteiger partial charge on any atom is -0.475 e. The predicted octanol–water partition coefficient (Wildman–Crippen LogP) is 3.64. The number of nitrogens with zero attached hydrogens (tertiary/aromatic N) is 1. The molecule has 1 aromatic rings. The number of carbonyl (C=O) groups excluding carboxylic acids is 1. The van der Waals surface area contributed by atoms with Crippen LogP contribution in [0.2, 0.25) is 19.6 Å². The fraction of sp³-hybridized carbons (Fsp3) is 0.476. The third-order valence-corrected chi connectivity index (χ3v) is 10.1. The monoisotopic (exact) mass is 417 g/mol. The minimum atomic E-state index is -3.80. The van der Waals surface area contributed by atoms with E-state index in [0.717, 1.165) is 16.3 Å². The van der Waals surface area contributed by atoms with E-state index in [2.05, 4.69) is 19.6 Å². The van der Waals surface area contributed by atoms with Gasteiger partial charge in [0, 0.05) is 6.54 Å². The number of benzene rings is 1. The topological polar surface area (TPSA) is 63.7 Å². The predicted molar refractivity (Wildman–Crippen MR) is 111 cm³/mol. The third-order valence-electron chi connectivity index (χ3n) is 6.13. The highest BCUT2D eigenvalue weighted by Crippen LogP contribution is 2.56. The second-order valence-electron chi connectivity index (χ2n) is 9.09. The zero-order valence-electron chi connectivity index (χ0n) is 17.0. The van der Waals surface area contributed by atoms with E-state index in [1.807, 2.05) is 19.9 Å². The van der Waals surface area contributed by atoms with E-state index in [1.54, 1.807) is 30.5 Å². The Kier molecular flexibility index (Phi) is 4.30. The second-order valence-corrected chi connectivity index (χ2v) is 15.9. The van der Waals surface area contributed by atoms with Gasteiger partial charge in [-0.1, -0.05) is 44.3 Å². The number of hydrogen-bond acceptors (Lipinski definition) is 4. The number of carbonyl (C=O) groups is 1. The number of sulfonamides is 1. The average molecular weight is 418 g/mol. The molecule has 2 heterocycles. The molecule has 0 unspecified atom stereocenters. The number of aryl methyl sites for hydroxylation is 1. The molecule has 1 aliphatic carbocycles. The number of ketones is 1. The lowest BCUT2D eigenvalue weighted by Gasteiger charge is -2.43. The van der Waals surface area contributed by atoms with Gasteiger partial charge in [-0.2, -0.15) is 4.31 Å². The van der Waals surface area contributed by atoms with E-state index < -0.39 is 29.7 Å². The molecule has 0 saturated carbocycles. The normalized spacial score (nSPS) is 30.4. The molecule has 28 heavy (non-hydrogen) atoms. The summed E-state index contributed by atoms with van der Waals surface area (Å²) in [6, 6.07) is 6.87. The van der Waals surface area contributed by atoms with Crippen LogP contribution in [0.15, 0.2) is 52.3 Å². The molecule has 5 nitrogen and oxygen atoms in total. The van der Waals surface area contributed by atoms with Crippen molar-refractivity contribution in [2.75, 3.05) is 6.54 Å². The zero-order chi connectivity index (χ0) is 20.5. The third kappa shape index (κ3) is 2.52. The van der Waals surface area contributed by atoms with Crippen molar-refractivity contribution in [3.05, 3.63) is 52.9 Å². The Bertz CT molecular complexity index is 1000. The lowest BCUT2D eigenvalue weighted by Crippen LogP contribution is -2.56. The fourth-order valence-corrected chi connectivity index (χ4v) is 8.77. The lowest BCUT2D eigenvalue weighted by molar-refractivity contribution is -0.134. The van der Waals surface area contributed by atoms with E-state index in [4.69, 9.17) is 4.74 Å². The van der Waals surface area contributed by atoms with Crippen molar-refractivity contribution in [1.29, 1.82) is 0 Å². The lowest BCUT2D eigenvalue weighted by atomic mass is 9.82. The molecule has 1 fully saturated rings. The van der Waals surface area contributed by atoms with E-state index in [0.29, 0.717) is 13.0 Å². The minimum absolute atomic E-state index is 0.0785. The van der Waals surface area contributed by atoms with Gasteiger partial charge >= 0.3 is 0 Å². The van der Waals surface area contributed by atoms with Crippen molar-refractivity contribution in [2.24, 2.45) is 11.8 Å². The maximum Gasteiger partial charge on any atom is 0.246 e. The number of ether oxygens (including phenoxy) is 1. The summed E-state index contributed by atoms with van der Waals surface area (Å²) in [5.74, 6) is -0.523. The molecule has 3 aliphatic rings. The van der Waals surface area contributed by atoms with Gasteiger partial charge in [-0.25, -0.2) is 8.42 Å². The van der Waals surface area contributed by atoms with E-state index in [9.17, 15) is 13.2 Å². The summed E-state index contributed by atoms with van der Waals surface area (Å²) in [5, 5.41) is 0.870. The first-order valence-corrected chi connectivity index (χ1v) is 14.7. The molecule has 1 spiro atoms. The molecule has 2 aliphatic heterocycles. The molecule has 0 bridgehead atoms. The quantitative estimate of drug-likeness (QED) is 0.705. The van der Waals surface area contributed by atoms with Crippen LogP contribution in [0.1, 0.15) is 18.9 Å². The average Bonchev–Trinajstić information content (AvgIpc) is 3.05. The summed E-state index contributed by atoms with van der Waals surface area (Å²) in [5.41, 5.74) is 0.693. The Hall–Kier alpha value is -1.70. The zero-order valence-corrected chi connectivity index (χ0v) is 18.8. The highest BCUT2D eigenvalue weighted by atomic mass is 32.2. The molecule has 7 heteroatoms. The van der Waals surface area contributed by atoms with Gasteiger partial charge < -0.3 is 4.74 Å². The number of hydrogen-bond donors (Lipinski definition) is 0. The van der Waals surface area contributed by atoms with Crippen molar-refractivity contribution in [3.8, 4) is 0 Å². The van der Waals surface area contributed by atoms with Crippen LogP contribution in [0, 0.1) is 18.8 Å². The van der Waals surface area contributed by atoms with Crippen LogP contribution in [0.25, 0.3) is 0 Å². The van der Waals surface area contributed by atoms with E-state index in [-0.39, 0.29) is 16.6 Å². The van der Waals surface area contributed by atoms with Gasteiger partial charge in [0.05, 0.1) is 25.1 Å². The summed E-state index contributed by atoms with van der Waals surface area (Å²) in [6.45, 7) is 10.7. The summed E-state index contributed by atoms with van der Waals surface area (Å²) in [4.78, 5) is 13.7. The van der Waals surface area contributed by atoms with Gasteiger partial charge in [0.15, 0.2) is 5.78 Å². The first-order valence-electron chi connectivity index (χ1n) is 9.73. The highest BCUT2D eigenvalue weighted by molar-refractivity contribution is 7.89. The standard InChI is InChI=1S/C21H27NO4SSi/c1-14-6-8-16(9-7-14)27(24,25)22-12-10-17-20(28(3,4)5)19(23)18-15(2)11-13-26-21(17,18)22/h6-9,11,13,15,18H,10,12H2,1-5H3/t15-,18+,21+/m0/s1. The van der Waals surface area contributed by atoms with Crippen LogP contribution in [0.5, 0.6) is 0 Å². The number of allylic oxidation sites excluding steroid dienone is 2. The smallest absolute Gasteiger partial charge is 0.246 e. The maximum atomic E-state index is 13.6. The van der Waals surface area contributed by atoms with Crippen LogP contribution in [0.4, 0.5) is 0 Å². The molecule has 0 radical (unpaired) electrons. The van der Waals surface area contributed by atoms with Crippen LogP contribution >= 0.6 is 0 Å². The molecule has 4 rings (SSSR count). The fourth-order valence-electron chi connectivity index (χ4n) is 4.97. The van der Waals surface area contributed by atoms with Crippen LogP contribution in [-0.2, 0) is 19.6 Å². The van der Waals surface area contributed by atoms with E-state index in [1.165, 1.54) is 4.31 Å². The van der Waals surface area contributed by atoms with Crippen molar-refractivity contribution in [2.45, 2.75) is 50.5 Å². The Morgan fingerprint density at radius 3 is 2.43 bits per heavy atom. The Labute approximate surface area is 168 Å².